The number of halogens is 6. The first kappa shape index (κ1) is 21.1. The summed E-state index contributed by atoms with van der Waals surface area (Å²) in [5, 5.41) is 4.70. The van der Waals surface area contributed by atoms with Crippen LogP contribution in [-0.2, 0) is 9.59 Å². The highest BCUT2D eigenvalue weighted by atomic mass is 35.5. The maximum Gasteiger partial charge on any atom is 0.258 e. The molecule has 0 saturated carbocycles. The van der Waals surface area contributed by atoms with E-state index in [0.717, 1.165) is 6.07 Å². The number of carbonyl (C=O) groups is 2. The van der Waals surface area contributed by atoms with Gasteiger partial charge in [0, 0.05) is 6.07 Å². The quantitative estimate of drug-likeness (QED) is 0.522. The lowest BCUT2D eigenvalue weighted by Gasteiger charge is -2.10. The summed E-state index contributed by atoms with van der Waals surface area (Å²) in [6.45, 7) is -1.06. The number of ether oxygens (including phenoxy) is 1. The maximum absolute atomic E-state index is 13.5. The van der Waals surface area contributed by atoms with Crippen molar-refractivity contribution in [3.8, 4) is 5.75 Å². The molecule has 0 aromatic heterocycles. The van der Waals surface area contributed by atoms with Crippen molar-refractivity contribution in [3.63, 3.8) is 0 Å². The maximum atomic E-state index is 13.5. The predicted molar refractivity (Wildman–Crippen MR) is 94.9 cm³/mol. The van der Waals surface area contributed by atoms with Crippen LogP contribution in [-0.4, -0.2) is 25.0 Å². The number of rotatable bonds is 6. The van der Waals surface area contributed by atoms with Gasteiger partial charge in [-0.3, -0.25) is 9.59 Å². The Bertz CT molecular complexity index is 897. The Balaban J connectivity index is 1.84. The highest BCUT2D eigenvalue weighted by molar-refractivity contribution is 6.43. The largest absolute Gasteiger partial charge is 0.482 e. The SMILES string of the molecule is O=C(COc1cc(Cl)c(Cl)cc1Cl)NCC(=O)Nc1ccc(F)c(F)c1F. The molecule has 144 valence electrons. The van der Waals surface area contributed by atoms with E-state index in [1.165, 1.54) is 12.1 Å². The Labute approximate surface area is 166 Å². The topological polar surface area (TPSA) is 67.4 Å². The van der Waals surface area contributed by atoms with Gasteiger partial charge < -0.3 is 15.4 Å². The first-order valence-electron chi connectivity index (χ1n) is 7.16. The summed E-state index contributed by atoms with van der Waals surface area (Å²) in [6, 6.07) is 4.16. The molecule has 0 atom stereocenters. The number of anilines is 1. The van der Waals surface area contributed by atoms with Crippen LogP contribution in [0.4, 0.5) is 18.9 Å². The first-order valence-corrected chi connectivity index (χ1v) is 8.29. The van der Waals surface area contributed by atoms with E-state index in [2.05, 4.69) is 5.32 Å². The Kier molecular flexibility index (Phi) is 7.18. The fourth-order valence-electron chi connectivity index (χ4n) is 1.80. The van der Waals surface area contributed by atoms with Gasteiger partial charge in [-0.15, -0.1) is 0 Å². The molecule has 0 aliphatic rings. The van der Waals surface area contributed by atoms with Crippen LogP contribution in [0, 0.1) is 17.5 Å². The minimum absolute atomic E-state index is 0.106. The van der Waals surface area contributed by atoms with Crippen LogP contribution in [0.15, 0.2) is 24.3 Å². The molecule has 0 aliphatic carbocycles. The Hall–Kier alpha value is -2.16. The Morgan fingerprint density at radius 1 is 0.926 bits per heavy atom. The van der Waals surface area contributed by atoms with Crippen molar-refractivity contribution in [2.45, 2.75) is 0 Å². The molecule has 11 heteroatoms. The van der Waals surface area contributed by atoms with Crippen molar-refractivity contribution < 1.29 is 27.5 Å². The van der Waals surface area contributed by atoms with E-state index in [0.29, 0.717) is 6.07 Å². The fourth-order valence-corrected chi connectivity index (χ4v) is 2.40. The molecule has 2 aromatic carbocycles. The van der Waals surface area contributed by atoms with Crippen LogP contribution in [0.3, 0.4) is 0 Å². The van der Waals surface area contributed by atoms with E-state index >= 15 is 0 Å². The zero-order valence-corrected chi connectivity index (χ0v) is 15.5. The van der Waals surface area contributed by atoms with E-state index in [1.54, 1.807) is 0 Å². The van der Waals surface area contributed by atoms with Crippen LogP contribution in [0.2, 0.25) is 15.1 Å². The number of hydrogen-bond acceptors (Lipinski definition) is 3. The standard InChI is InChI=1S/C16H10Cl3F3N2O3/c17-7-3-9(19)12(4-8(7)18)27-6-14(26)23-5-13(25)24-11-2-1-10(20)15(21)16(11)22/h1-4H,5-6H2,(H,23,26)(H,24,25). The monoisotopic (exact) mass is 440 g/mol. The summed E-state index contributed by atoms with van der Waals surface area (Å²) in [5.74, 6) is -6.11. The second-order valence-corrected chi connectivity index (χ2v) is 6.25. The molecule has 2 aromatic rings. The lowest BCUT2D eigenvalue weighted by atomic mass is 10.2. The number of nitrogens with one attached hydrogen (secondary N) is 2. The van der Waals surface area contributed by atoms with Crippen molar-refractivity contribution in [2.75, 3.05) is 18.5 Å². The molecule has 0 saturated heterocycles. The summed E-state index contributed by atoms with van der Waals surface area (Å²) < 4.78 is 44.5. The summed E-state index contributed by atoms with van der Waals surface area (Å²) >= 11 is 17.5. The molecule has 2 rings (SSSR count). The molecule has 0 heterocycles. The van der Waals surface area contributed by atoms with Gasteiger partial charge in [-0.25, -0.2) is 13.2 Å². The van der Waals surface area contributed by atoms with E-state index in [1.807, 2.05) is 5.32 Å². The second-order valence-electron chi connectivity index (χ2n) is 5.03. The van der Waals surface area contributed by atoms with Crippen LogP contribution < -0.4 is 15.4 Å². The van der Waals surface area contributed by atoms with Crippen LogP contribution in [0.1, 0.15) is 0 Å². The van der Waals surface area contributed by atoms with Gasteiger partial charge in [0.15, 0.2) is 24.1 Å². The average Bonchev–Trinajstić information content (AvgIpc) is 2.62. The van der Waals surface area contributed by atoms with Gasteiger partial charge in [-0.05, 0) is 18.2 Å². The van der Waals surface area contributed by atoms with Crippen LogP contribution in [0.25, 0.3) is 0 Å². The zero-order valence-electron chi connectivity index (χ0n) is 13.2. The predicted octanol–water partition coefficient (Wildman–Crippen LogP) is 4.20. The van der Waals surface area contributed by atoms with Gasteiger partial charge in [0.2, 0.25) is 5.91 Å². The third kappa shape index (κ3) is 5.66. The summed E-state index contributed by atoms with van der Waals surface area (Å²) in [7, 11) is 0. The molecular weight excluding hydrogens is 432 g/mol. The van der Waals surface area contributed by atoms with Crippen molar-refractivity contribution in [1.82, 2.24) is 5.32 Å². The molecule has 0 fully saturated rings. The second kappa shape index (κ2) is 9.16. The number of hydrogen-bond donors (Lipinski definition) is 2. The zero-order chi connectivity index (χ0) is 20.1. The average molecular weight is 442 g/mol. The highest BCUT2D eigenvalue weighted by Gasteiger charge is 2.16. The minimum atomic E-state index is -1.72. The van der Waals surface area contributed by atoms with Gasteiger partial charge in [-0.1, -0.05) is 34.8 Å². The molecule has 2 N–H and O–H groups in total. The minimum Gasteiger partial charge on any atom is -0.482 e. The lowest BCUT2D eigenvalue weighted by Crippen LogP contribution is -2.36. The molecule has 27 heavy (non-hydrogen) atoms. The molecule has 2 amide bonds. The number of benzene rings is 2. The van der Waals surface area contributed by atoms with E-state index in [4.69, 9.17) is 39.5 Å². The number of carbonyl (C=O) groups excluding carboxylic acids is 2. The molecule has 0 radical (unpaired) electrons. The molecule has 0 aliphatic heterocycles. The van der Waals surface area contributed by atoms with E-state index < -0.39 is 48.1 Å². The van der Waals surface area contributed by atoms with Gasteiger partial charge in [0.05, 0.1) is 27.3 Å². The number of amides is 2. The highest BCUT2D eigenvalue weighted by Crippen LogP contribution is 2.33. The van der Waals surface area contributed by atoms with Crippen molar-refractivity contribution >= 4 is 52.3 Å². The van der Waals surface area contributed by atoms with E-state index in [9.17, 15) is 22.8 Å². The smallest absolute Gasteiger partial charge is 0.258 e. The van der Waals surface area contributed by atoms with Gasteiger partial charge in [-0.2, -0.15) is 0 Å². The molecule has 5 nitrogen and oxygen atoms in total. The normalized spacial score (nSPS) is 10.4. The third-order valence-electron chi connectivity index (χ3n) is 3.09. The molecule has 0 unspecified atom stereocenters. The van der Waals surface area contributed by atoms with Crippen LogP contribution in [0.5, 0.6) is 5.75 Å². The Morgan fingerprint density at radius 3 is 2.30 bits per heavy atom. The molecule has 0 bridgehead atoms. The third-order valence-corrected chi connectivity index (χ3v) is 4.11. The first-order chi connectivity index (χ1) is 12.7. The van der Waals surface area contributed by atoms with Gasteiger partial charge in [0.1, 0.15) is 5.75 Å². The Morgan fingerprint density at radius 2 is 1.59 bits per heavy atom. The molecule has 0 spiro atoms. The van der Waals surface area contributed by atoms with Gasteiger partial charge in [0.25, 0.3) is 5.91 Å². The summed E-state index contributed by atoms with van der Waals surface area (Å²) in [6.07, 6.45) is 0. The summed E-state index contributed by atoms with van der Waals surface area (Å²) in [4.78, 5) is 23.4. The van der Waals surface area contributed by atoms with Crippen molar-refractivity contribution in [1.29, 1.82) is 0 Å². The molecular formula is C16H10Cl3F3N2O3. The summed E-state index contributed by atoms with van der Waals surface area (Å²) in [5.41, 5.74) is -0.563. The van der Waals surface area contributed by atoms with Crippen molar-refractivity contribution in [2.24, 2.45) is 0 Å². The van der Waals surface area contributed by atoms with Crippen LogP contribution >= 0.6 is 34.8 Å². The van der Waals surface area contributed by atoms with Gasteiger partial charge >= 0.3 is 0 Å². The fraction of sp³-hybridized carbons (Fsp3) is 0.125. The van der Waals surface area contributed by atoms with E-state index in [-0.39, 0.29) is 20.8 Å². The lowest BCUT2D eigenvalue weighted by molar-refractivity contribution is -0.125. The van der Waals surface area contributed by atoms with Crippen molar-refractivity contribution in [3.05, 3.63) is 56.8 Å².